The fourth-order valence-electron chi connectivity index (χ4n) is 3.73. The van der Waals surface area contributed by atoms with Crippen molar-refractivity contribution in [3.63, 3.8) is 0 Å². The Labute approximate surface area is 144 Å². The number of rotatable bonds is 5. The quantitative estimate of drug-likeness (QED) is 0.903. The van der Waals surface area contributed by atoms with E-state index in [0.717, 1.165) is 44.5 Å². The second kappa shape index (κ2) is 8.27. The van der Waals surface area contributed by atoms with Crippen molar-refractivity contribution in [3.05, 3.63) is 29.8 Å². The third-order valence-corrected chi connectivity index (χ3v) is 5.20. The average molecular weight is 326 g/mol. The van der Waals surface area contributed by atoms with Crippen molar-refractivity contribution in [3.8, 4) is 6.07 Å². The highest BCUT2D eigenvalue weighted by Gasteiger charge is 2.26. The highest BCUT2D eigenvalue weighted by Crippen LogP contribution is 2.24. The van der Waals surface area contributed by atoms with Gasteiger partial charge in [-0.05, 0) is 37.1 Å². The van der Waals surface area contributed by atoms with E-state index in [4.69, 9.17) is 5.26 Å². The predicted octanol–water partition coefficient (Wildman–Crippen LogP) is 2.45. The highest BCUT2D eigenvalue weighted by atomic mass is 16.1. The van der Waals surface area contributed by atoms with E-state index in [9.17, 15) is 4.79 Å². The molecule has 2 fully saturated rings. The second-order valence-electron chi connectivity index (χ2n) is 6.80. The molecule has 2 aliphatic rings. The summed E-state index contributed by atoms with van der Waals surface area (Å²) < 4.78 is 0. The van der Waals surface area contributed by atoms with Gasteiger partial charge in [-0.25, -0.2) is 0 Å². The van der Waals surface area contributed by atoms with Crippen molar-refractivity contribution in [2.45, 2.75) is 38.1 Å². The Morgan fingerprint density at radius 3 is 2.42 bits per heavy atom. The summed E-state index contributed by atoms with van der Waals surface area (Å²) in [6.45, 7) is 5.24. The van der Waals surface area contributed by atoms with E-state index in [1.807, 2.05) is 0 Å². The van der Waals surface area contributed by atoms with Crippen LogP contribution in [0.25, 0.3) is 0 Å². The second-order valence-corrected chi connectivity index (χ2v) is 6.80. The molecular formula is C19H26N4O. The van der Waals surface area contributed by atoms with E-state index in [2.05, 4.69) is 21.2 Å². The van der Waals surface area contributed by atoms with Gasteiger partial charge < -0.3 is 10.2 Å². The molecule has 1 saturated heterocycles. The number of benzene rings is 1. The molecule has 1 saturated carbocycles. The van der Waals surface area contributed by atoms with E-state index in [1.54, 1.807) is 24.3 Å². The van der Waals surface area contributed by atoms with E-state index >= 15 is 0 Å². The molecule has 1 aliphatic carbocycles. The summed E-state index contributed by atoms with van der Waals surface area (Å²) in [5.74, 6) is 0.0398. The minimum absolute atomic E-state index is 0.0398. The number of hydrogen-bond acceptors (Lipinski definition) is 4. The van der Waals surface area contributed by atoms with Crippen LogP contribution in [0.1, 0.15) is 37.7 Å². The van der Waals surface area contributed by atoms with Gasteiger partial charge in [0.2, 0.25) is 5.91 Å². The van der Waals surface area contributed by atoms with Crippen LogP contribution in [0, 0.1) is 11.3 Å². The molecule has 5 nitrogen and oxygen atoms in total. The molecular weight excluding hydrogens is 300 g/mol. The van der Waals surface area contributed by atoms with E-state index in [-0.39, 0.29) is 5.91 Å². The van der Waals surface area contributed by atoms with Crippen LogP contribution < -0.4 is 5.32 Å². The van der Waals surface area contributed by atoms with Gasteiger partial charge in [0.05, 0.1) is 11.6 Å². The third-order valence-electron chi connectivity index (χ3n) is 5.20. The van der Waals surface area contributed by atoms with Crippen LogP contribution in [-0.2, 0) is 4.79 Å². The maximum absolute atomic E-state index is 12.1. The molecule has 5 heteroatoms. The van der Waals surface area contributed by atoms with Gasteiger partial charge in [0, 0.05) is 50.9 Å². The molecule has 1 amide bonds. The van der Waals surface area contributed by atoms with Gasteiger partial charge in [0.25, 0.3) is 0 Å². The number of nitriles is 1. The fraction of sp³-hybridized carbons (Fsp3) is 0.579. The van der Waals surface area contributed by atoms with Crippen LogP contribution in [0.4, 0.5) is 5.69 Å². The fourth-order valence-corrected chi connectivity index (χ4v) is 3.73. The number of anilines is 1. The van der Waals surface area contributed by atoms with Crippen molar-refractivity contribution in [1.82, 2.24) is 9.80 Å². The first-order chi connectivity index (χ1) is 11.7. The number of nitrogens with zero attached hydrogens (tertiary/aromatic N) is 3. The minimum atomic E-state index is 0.0398. The lowest BCUT2D eigenvalue weighted by atomic mass is 10.1. The number of amides is 1. The van der Waals surface area contributed by atoms with Crippen LogP contribution in [0.5, 0.6) is 0 Å². The summed E-state index contributed by atoms with van der Waals surface area (Å²) in [6.07, 6.45) is 6.03. The summed E-state index contributed by atoms with van der Waals surface area (Å²) in [5.41, 5.74) is 1.36. The van der Waals surface area contributed by atoms with Crippen LogP contribution in [0.3, 0.4) is 0 Å². The van der Waals surface area contributed by atoms with Gasteiger partial charge in [-0.15, -0.1) is 0 Å². The maximum Gasteiger partial charge on any atom is 0.225 e. The molecule has 1 heterocycles. The molecule has 0 bridgehead atoms. The first-order valence-corrected chi connectivity index (χ1v) is 9.01. The van der Waals surface area contributed by atoms with Crippen molar-refractivity contribution in [2.24, 2.45) is 0 Å². The molecule has 0 unspecified atom stereocenters. The molecule has 128 valence electrons. The largest absolute Gasteiger partial charge is 0.326 e. The SMILES string of the molecule is N#Cc1ccc(NC(=O)CCN2CCN(C3CCCC3)CC2)cc1. The lowest BCUT2D eigenvalue weighted by Gasteiger charge is -2.38. The van der Waals surface area contributed by atoms with Crippen LogP contribution in [0.2, 0.25) is 0 Å². The molecule has 0 radical (unpaired) electrons. The molecule has 1 aliphatic heterocycles. The molecule has 3 rings (SSSR count). The van der Waals surface area contributed by atoms with Crippen molar-refractivity contribution in [2.75, 3.05) is 38.0 Å². The lowest BCUT2D eigenvalue weighted by Crippen LogP contribution is -2.50. The normalized spacial score (nSPS) is 20.0. The standard InChI is InChI=1S/C19H26N4O/c20-15-16-5-7-17(8-6-16)21-19(24)9-10-22-11-13-23(14-12-22)18-3-1-2-4-18/h5-8,18H,1-4,9-14H2,(H,21,24). The first kappa shape index (κ1) is 16.9. The third kappa shape index (κ3) is 4.56. The van der Waals surface area contributed by atoms with Gasteiger partial charge in [0.1, 0.15) is 0 Å². The van der Waals surface area contributed by atoms with Crippen molar-refractivity contribution >= 4 is 11.6 Å². The number of piperazine rings is 1. The van der Waals surface area contributed by atoms with Gasteiger partial charge in [-0.3, -0.25) is 9.69 Å². The Balaban J connectivity index is 1.36. The Hall–Kier alpha value is -1.90. The predicted molar refractivity (Wildman–Crippen MR) is 94.7 cm³/mol. The van der Waals surface area contributed by atoms with Crippen LogP contribution in [0.15, 0.2) is 24.3 Å². The maximum atomic E-state index is 12.1. The molecule has 0 atom stereocenters. The minimum Gasteiger partial charge on any atom is -0.326 e. The van der Waals surface area contributed by atoms with E-state index in [0.29, 0.717) is 12.0 Å². The highest BCUT2D eigenvalue weighted by molar-refractivity contribution is 5.90. The van der Waals surface area contributed by atoms with E-state index in [1.165, 1.54) is 25.7 Å². The van der Waals surface area contributed by atoms with Crippen LogP contribution in [-0.4, -0.2) is 54.5 Å². The summed E-state index contributed by atoms with van der Waals surface area (Å²) in [5, 5.41) is 11.7. The Bertz CT molecular complexity index is 578. The zero-order valence-electron chi connectivity index (χ0n) is 14.2. The van der Waals surface area contributed by atoms with Gasteiger partial charge in [0.15, 0.2) is 0 Å². The average Bonchev–Trinajstić information content (AvgIpc) is 3.16. The van der Waals surface area contributed by atoms with E-state index < -0.39 is 0 Å². The number of nitrogens with one attached hydrogen (secondary N) is 1. The first-order valence-electron chi connectivity index (χ1n) is 9.01. The lowest BCUT2D eigenvalue weighted by molar-refractivity contribution is -0.116. The Morgan fingerprint density at radius 2 is 1.79 bits per heavy atom. The molecule has 1 N–H and O–H groups in total. The smallest absolute Gasteiger partial charge is 0.225 e. The summed E-state index contributed by atoms with van der Waals surface area (Å²) in [4.78, 5) is 17.1. The van der Waals surface area contributed by atoms with Gasteiger partial charge >= 0.3 is 0 Å². The summed E-state index contributed by atoms with van der Waals surface area (Å²) in [6, 6.07) is 9.88. The number of hydrogen-bond donors (Lipinski definition) is 1. The number of carbonyl (C=O) groups excluding carboxylic acids is 1. The monoisotopic (exact) mass is 326 g/mol. The van der Waals surface area contributed by atoms with Crippen LogP contribution >= 0.6 is 0 Å². The summed E-state index contributed by atoms with van der Waals surface area (Å²) >= 11 is 0. The Morgan fingerprint density at radius 1 is 1.12 bits per heavy atom. The van der Waals surface area contributed by atoms with Gasteiger partial charge in [-0.1, -0.05) is 12.8 Å². The molecule has 1 aromatic carbocycles. The zero-order chi connectivity index (χ0) is 16.8. The van der Waals surface area contributed by atoms with Gasteiger partial charge in [-0.2, -0.15) is 5.26 Å². The molecule has 0 spiro atoms. The topological polar surface area (TPSA) is 59.4 Å². The zero-order valence-corrected chi connectivity index (χ0v) is 14.2. The molecule has 1 aromatic rings. The number of carbonyl (C=O) groups is 1. The van der Waals surface area contributed by atoms with Crippen molar-refractivity contribution < 1.29 is 4.79 Å². The summed E-state index contributed by atoms with van der Waals surface area (Å²) in [7, 11) is 0. The molecule has 24 heavy (non-hydrogen) atoms. The Kier molecular flexibility index (Phi) is 5.84. The van der Waals surface area contributed by atoms with Crippen molar-refractivity contribution in [1.29, 1.82) is 5.26 Å². The molecule has 0 aromatic heterocycles.